The molecule has 1 saturated heterocycles. The normalized spacial score (nSPS) is 20.2. The van der Waals surface area contributed by atoms with Crippen molar-refractivity contribution in [2.24, 2.45) is 5.92 Å². The highest BCUT2D eigenvalue weighted by Gasteiger charge is 2.28. The maximum atomic E-state index is 11.7. The van der Waals surface area contributed by atoms with Crippen LogP contribution in [0.5, 0.6) is 0 Å². The Morgan fingerprint density at radius 1 is 1.22 bits per heavy atom. The van der Waals surface area contributed by atoms with E-state index in [9.17, 15) is 9.59 Å². The minimum absolute atomic E-state index is 0.262. The Bertz CT molecular complexity index is 278. The summed E-state index contributed by atoms with van der Waals surface area (Å²) in [5.41, 5.74) is 0. The molecule has 1 atom stereocenters. The van der Waals surface area contributed by atoms with Crippen LogP contribution in [0.3, 0.4) is 0 Å². The van der Waals surface area contributed by atoms with Gasteiger partial charge < -0.3 is 5.11 Å². The van der Waals surface area contributed by atoms with Gasteiger partial charge in [0.05, 0.1) is 12.5 Å². The molecule has 1 unspecified atom stereocenters. The third-order valence-corrected chi connectivity index (χ3v) is 3.58. The molecule has 0 aromatic rings. The Morgan fingerprint density at radius 2 is 1.94 bits per heavy atom. The van der Waals surface area contributed by atoms with Crippen LogP contribution < -0.4 is 0 Å². The van der Waals surface area contributed by atoms with Crippen molar-refractivity contribution in [1.82, 2.24) is 4.90 Å². The van der Waals surface area contributed by atoms with E-state index in [-0.39, 0.29) is 11.7 Å². The lowest BCUT2D eigenvalue weighted by Gasteiger charge is -2.13. The first kappa shape index (κ1) is 15.2. The summed E-state index contributed by atoms with van der Waals surface area (Å²) in [6.45, 7) is 3.91. The molecule has 1 aliphatic rings. The van der Waals surface area contributed by atoms with E-state index in [0.717, 1.165) is 19.4 Å². The Labute approximate surface area is 109 Å². The first-order chi connectivity index (χ1) is 8.63. The van der Waals surface area contributed by atoms with Crippen molar-refractivity contribution in [2.45, 2.75) is 51.9 Å². The van der Waals surface area contributed by atoms with E-state index in [1.165, 1.54) is 19.3 Å². The molecule has 0 aromatic heterocycles. The van der Waals surface area contributed by atoms with E-state index in [2.05, 4.69) is 6.92 Å². The maximum Gasteiger partial charge on any atom is 0.307 e. The van der Waals surface area contributed by atoms with Crippen molar-refractivity contribution in [3.63, 3.8) is 0 Å². The summed E-state index contributed by atoms with van der Waals surface area (Å²) in [6.07, 6.45) is 7.14. The standard InChI is InChI=1S/C14H25NO3/c1-2-3-4-5-6-7-13(16)11-15-9-8-12(10-15)14(17)18/h12H,2-11H2,1H3,(H,17,18). The summed E-state index contributed by atoms with van der Waals surface area (Å²) in [5, 5.41) is 8.88. The van der Waals surface area contributed by atoms with E-state index >= 15 is 0 Å². The fourth-order valence-electron chi connectivity index (χ4n) is 2.43. The van der Waals surface area contributed by atoms with Gasteiger partial charge in [0.1, 0.15) is 5.78 Å². The SMILES string of the molecule is CCCCCCCC(=O)CN1CCC(C(=O)O)C1. The topological polar surface area (TPSA) is 57.6 Å². The van der Waals surface area contributed by atoms with E-state index in [0.29, 0.717) is 25.9 Å². The Morgan fingerprint density at radius 3 is 2.56 bits per heavy atom. The fraction of sp³-hybridized carbons (Fsp3) is 0.857. The zero-order valence-electron chi connectivity index (χ0n) is 11.4. The second-order valence-corrected chi connectivity index (χ2v) is 5.26. The lowest BCUT2D eigenvalue weighted by Crippen LogP contribution is -2.28. The van der Waals surface area contributed by atoms with Crippen molar-refractivity contribution in [3.05, 3.63) is 0 Å². The molecule has 1 aliphatic heterocycles. The summed E-state index contributed by atoms with van der Waals surface area (Å²) >= 11 is 0. The van der Waals surface area contributed by atoms with Gasteiger partial charge in [-0.1, -0.05) is 32.6 Å². The predicted molar refractivity (Wildman–Crippen MR) is 70.6 cm³/mol. The number of carbonyl (C=O) groups is 2. The van der Waals surface area contributed by atoms with Crippen LogP contribution in [-0.2, 0) is 9.59 Å². The summed E-state index contributed by atoms with van der Waals surface area (Å²) in [5.74, 6) is -0.746. The molecule has 1 fully saturated rings. The fourth-order valence-corrected chi connectivity index (χ4v) is 2.43. The zero-order chi connectivity index (χ0) is 13.4. The Balaban J connectivity index is 2.08. The van der Waals surface area contributed by atoms with Crippen molar-refractivity contribution < 1.29 is 14.7 Å². The van der Waals surface area contributed by atoms with Gasteiger partial charge >= 0.3 is 5.97 Å². The smallest absolute Gasteiger partial charge is 0.307 e. The monoisotopic (exact) mass is 255 g/mol. The zero-order valence-corrected chi connectivity index (χ0v) is 11.4. The minimum Gasteiger partial charge on any atom is -0.481 e. The number of carbonyl (C=O) groups excluding carboxylic acids is 1. The molecular weight excluding hydrogens is 230 g/mol. The number of rotatable bonds is 9. The average Bonchev–Trinajstić information content (AvgIpc) is 2.77. The van der Waals surface area contributed by atoms with Gasteiger partial charge in [-0.25, -0.2) is 0 Å². The molecule has 18 heavy (non-hydrogen) atoms. The number of ketones is 1. The number of hydrogen-bond acceptors (Lipinski definition) is 3. The number of nitrogens with zero attached hydrogens (tertiary/aromatic N) is 1. The van der Waals surface area contributed by atoms with E-state index in [1.54, 1.807) is 0 Å². The second kappa shape index (κ2) is 8.25. The molecule has 0 aromatic carbocycles. The molecular formula is C14H25NO3. The third-order valence-electron chi connectivity index (χ3n) is 3.58. The van der Waals surface area contributed by atoms with Gasteiger partial charge in [0.2, 0.25) is 0 Å². The van der Waals surface area contributed by atoms with Crippen molar-refractivity contribution in [1.29, 1.82) is 0 Å². The molecule has 1 heterocycles. The largest absolute Gasteiger partial charge is 0.481 e. The number of aliphatic carboxylic acids is 1. The first-order valence-electron chi connectivity index (χ1n) is 7.10. The molecule has 0 spiro atoms. The Kier molecular flexibility index (Phi) is 6.94. The number of hydrogen-bond donors (Lipinski definition) is 1. The van der Waals surface area contributed by atoms with E-state index in [1.807, 2.05) is 4.90 Å². The summed E-state index contributed by atoms with van der Waals surface area (Å²) in [4.78, 5) is 24.5. The highest BCUT2D eigenvalue weighted by Crippen LogP contribution is 2.16. The molecule has 4 nitrogen and oxygen atoms in total. The van der Waals surface area contributed by atoms with Gasteiger partial charge in [0.25, 0.3) is 0 Å². The van der Waals surface area contributed by atoms with Crippen molar-refractivity contribution >= 4 is 11.8 Å². The van der Waals surface area contributed by atoms with Crippen LogP contribution in [0, 0.1) is 5.92 Å². The molecule has 0 aliphatic carbocycles. The molecule has 0 saturated carbocycles. The molecule has 1 N–H and O–H groups in total. The molecule has 104 valence electrons. The summed E-state index contributed by atoms with van der Waals surface area (Å²) < 4.78 is 0. The molecule has 0 amide bonds. The number of carboxylic acid groups (broad SMARTS) is 1. The van der Waals surface area contributed by atoms with Crippen LogP contribution >= 0.6 is 0 Å². The van der Waals surface area contributed by atoms with Gasteiger partial charge in [-0.15, -0.1) is 0 Å². The maximum absolute atomic E-state index is 11.7. The third kappa shape index (κ3) is 5.63. The van der Waals surface area contributed by atoms with Gasteiger partial charge in [0, 0.05) is 13.0 Å². The molecule has 0 radical (unpaired) electrons. The summed E-state index contributed by atoms with van der Waals surface area (Å²) in [7, 11) is 0. The molecule has 1 rings (SSSR count). The quantitative estimate of drug-likeness (QED) is 0.642. The highest BCUT2D eigenvalue weighted by molar-refractivity contribution is 5.80. The lowest BCUT2D eigenvalue weighted by atomic mass is 10.1. The Hall–Kier alpha value is -0.900. The van der Waals surface area contributed by atoms with Crippen LogP contribution in [0.1, 0.15) is 51.9 Å². The number of Topliss-reactive ketones (excluding diaryl/α,β-unsaturated/α-hetero) is 1. The van der Waals surface area contributed by atoms with Crippen LogP contribution in [0.4, 0.5) is 0 Å². The molecule has 0 bridgehead atoms. The first-order valence-corrected chi connectivity index (χ1v) is 7.10. The number of carboxylic acids is 1. The summed E-state index contributed by atoms with van der Waals surface area (Å²) in [6, 6.07) is 0. The number of likely N-dealkylation sites (tertiary alicyclic amines) is 1. The highest BCUT2D eigenvalue weighted by atomic mass is 16.4. The minimum atomic E-state index is -0.732. The van der Waals surface area contributed by atoms with Crippen LogP contribution in [0.25, 0.3) is 0 Å². The van der Waals surface area contributed by atoms with Crippen molar-refractivity contribution in [2.75, 3.05) is 19.6 Å². The van der Waals surface area contributed by atoms with Crippen LogP contribution in [0.2, 0.25) is 0 Å². The van der Waals surface area contributed by atoms with E-state index in [4.69, 9.17) is 5.11 Å². The van der Waals surface area contributed by atoms with Gasteiger partial charge in [-0.05, 0) is 19.4 Å². The van der Waals surface area contributed by atoms with Crippen LogP contribution in [-0.4, -0.2) is 41.4 Å². The van der Waals surface area contributed by atoms with Gasteiger partial charge in [-0.3, -0.25) is 14.5 Å². The average molecular weight is 255 g/mol. The van der Waals surface area contributed by atoms with Gasteiger partial charge in [-0.2, -0.15) is 0 Å². The van der Waals surface area contributed by atoms with E-state index < -0.39 is 5.97 Å². The number of unbranched alkanes of at least 4 members (excludes halogenated alkanes) is 4. The van der Waals surface area contributed by atoms with Crippen LogP contribution in [0.15, 0.2) is 0 Å². The van der Waals surface area contributed by atoms with Gasteiger partial charge in [0.15, 0.2) is 0 Å². The second-order valence-electron chi connectivity index (χ2n) is 5.26. The predicted octanol–water partition coefficient (Wildman–Crippen LogP) is 2.32. The lowest BCUT2D eigenvalue weighted by molar-refractivity contribution is -0.141. The van der Waals surface area contributed by atoms with Crippen molar-refractivity contribution in [3.8, 4) is 0 Å². The molecule has 4 heteroatoms.